The second kappa shape index (κ2) is 7.37. The summed E-state index contributed by atoms with van der Waals surface area (Å²) in [5.74, 6) is 0.902. The summed E-state index contributed by atoms with van der Waals surface area (Å²) in [4.78, 5) is 0. The van der Waals surface area contributed by atoms with E-state index in [9.17, 15) is 0 Å². The smallest absolute Gasteiger partial charge is 0.118 e. The van der Waals surface area contributed by atoms with E-state index >= 15 is 0 Å². The van der Waals surface area contributed by atoms with E-state index in [0.717, 1.165) is 34.9 Å². The van der Waals surface area contributed by atoms with Gasteiger partial charge < -0.3 is 10.1 Å². The number of benzene rings is 2. The van der Waals surface area contributed by atoms with E-state index in [1.54, 1.807) is 7.11 Å². The first kappa shape index (κ1) is 15.7. The average molecular weight is 304 g/mol. The molecule has 1 N–H and O–H groups in total. The molecule has 0 aliphatic rings. The summed E-state index contributed by atoms with van der Waals surface area (Å²) >= 11 is 6.15. The SMILES string of the molecule is COc1ccc(CCC(C)Nc2cccc(Cl)c2C)cc1. The Hall–Kier alpha value is -1.67. The van der Waals surface area contributed by atoms with Crippen LogP contribution in [0.1, 0.15) is 24.5 Å². The number of anilines is 1. The van der Waals surface area contributed by atoms with Gasteiger partial charge in [0, 0.05) is 16.8 Å². The van der Waals surface area contributed by atoms with Crippen LogP contribution in [0.15, 0.2) is 42.5 Å². The first-order chi connectivity index (χ1) is 10.1. The zero-order valence-electron chi connectivity index (χ0n) is 12.8. The molecule has 0 aliphatic carbocycles. The van der Waals surface area contributed by atoms with Crippen LogP contribution < -0.4 is 10.1 Å². The Morgan fingerprint density at radius 1 is 1.14 bits per heavy atom. The van der Waals surface area contributed by atoms with Crippen LogP contribution in [-0.4, -0.2) is 13.2 Å². The number of ether oxygens (including phenoxy) is 1. The highest BCUT2D eigenvalue weighted by Gasteiger charge is 2.06. The molecule has 21 heavy (non-hydrogen) atoms. The Labute approximate surface area is 132 Å². The lowest BCUT2D eigenvalue weighted by Crippen LogP contribution is -2.16. The molecular formula is C18H22ClNO. The van der Waals surface area contributed by atoms with E-state index in [4.69, 9.17) is 16.3 Å². The summed E-state index contributed by atoms with van der Waals surface area (Å²) in [5.41, 5.74) is 3.55. The van der Waals surface area contributed by atoms with E-state index in [2.05, 4.69) is 30.4 Å². The Bertz CT molecular complexity index is 580. The first-order valence-electron chi connectivity index (χ1n) is 7.24. The van der Waals surface area contributed by atoms with Gasteiger partial charge in [0.15, 0.2) is 0 Å². The minimum atomic E-state index is 0.393. The fourth-order valence-electron chi connectivity index (χ4n) is 2.28. The fourth-order valence-corrected chi connectivity index (χ4v) is 2.45. The lowest BCUT2D eigenvalue weighted by Gasteiger charge is -2.17. The Kier molecular flexibility index (Phi) is 5.51. The maximum Gasteiger partial charge on any atom is 0.118 e. The van der Waals surface area contributed by atoms with Crippen molar-refractivity contribution in [2.45, 2.75) is 32.7 Å². The van der Waals surface area contributed by atoms with Crippen LogP contribution in [0.2, 0.25) is 5.02 Å². The van der Waals surface area contributed by atoms with Gasteiger partial charge in [-0.2, -0.15) is 0 Å². The van der Waals surface area contributed by atoms with Crippen LogP contribution in [0.4, 0.5) is 5.69 Å². The third-order valence-corrected chi connectivity index (χ3v) is 4.10. The van der Waals surface area contributed by atoms with E-state index in [-0.39, 0.29) is 0 Å². The number of hydrogen-bond acceptors (Lipinski definition) is 2. The highest BCUT2D eigenvalue weighted by Crippen LogP contribution is 2.24. The number of rotatable bonds is 6. The second-order valence-electron chi connectivity index (χ2n) is 5.34. The molecule has 0 fully saturated rings. The van der Waals surface area contributed by atoms with Crippen molar-refractivity contribution < 1.29 is 4.74 Å². The fraction of sp³-hybridized carbons (Fsp3) is 0.333. The summed E-state index contributed by atoms with van der Waals surface area (Å²) in [6.45, 7) is 4.24. The van der Waals surface area contributed by atoms with Gasteiger partial charge in [-0.25, -0.2) is 0 Å². The lowest BCUT2D eigenvalue weighted by atomic mass is 10.1. The minimum absolute atomic E-state index is 0.393. The molecule has 2 aromatic carbocycles. The number of halogens is 1. The van der Waals surface area contributed by atoms with Gasteiger partial charge in [0.25, 0.3) is 0 Å². The molecule has 0 saturated heterocycles. The highest BCUT2D eigenvalue weighted by atomic mass is 35.5. The van der Waals surface area contributed by atoms with E-state index in [0.29, 0.717) is 6.04 Å². The van der Waals surface area contributed by atoms with Crippen molar-refractivity contribution in [2.24, 2.45) is 0 Å². The second-order valence-corrected chi connectivity index (χ2v) is 5.75. The molecule has 0 saturated carbocycles. The molecule has 0 heterocycles. The van der Waals surface area contributed by atoms with E-state index < -0.39 is 0 Å². The number of aryl methyl sites for hydroxylation is 1. The van der Waals surface area contributed by atoms with Crippen LogP contribution in [-0.2, 0) is 6.42 Å². The molecule has 0 radical (unpaired) electrons. The number of nitrogens with one attached hydrogen (secondary N) is 1. The van der Waals surface area contributed by atoms with Gasteiger partial charge >= 0.3 is 0 Å². The van der Waals surface area contributed by atoms with Crippen LogP contribution in [0.25, 0.3) is 0 Å². The van der Waals surface area contributed by atoms with Crippen molar-refractivity contribution in [1.29, 1.82) is 0 Å². The van der Waals surface area contributed by atoms with Crippen molar-refractivity contribution in [3.8, 4) is 5.75 Å². The maximum atomic E-state index is 6.15. The molecule has 2 aromatic rings. The van der Waals surface area contributed by atoms with Crippen LogP contribution in [0.3, 0.4) is 0 Å². The van der Waals surface area contributed by atoms with Crippen molar-refractivity contribution in [3.63, 3.8) is 0 Å². The quantitative estimate of drug-likeness (QED) is 0.802. The van der Waals surface area contributed by atoms with Crippen molar-refractivity contribution in [3.05, 3.63) is 58.6 Å². The van der Waals surface area contributed by atoms with Gasteiger partial charge in [-0.05, 0) is 62.1 Å². The van der Waals surface area contributed by atoms with Gasteiger partial charge in [-0.1, -0.05) is 29.8 Å². The highest BCUT2D eigenvalue weighted by molar-refractivity contribution is 6.31. The summed E-state index contributed by atoms with van der Waals surface area (Å²) in [6.07, 6.45) is 2.11. The van der Waals surface area contributed by atoms with Gasteiger partial charge in [-0.3, -0.25) is 0 Å². The Morgan fingerprint density at radius 2 is 1.86 bits per heavy atom. The first-order valence-corrected chi connectivity index (χ1v) is 7.62. The molecule has 0 spiro atoms. The summed E-state index contributed by atoms with van der Waals surface area (Å²) < 4.78 is 5.17. The van der Waals surface area contributed by atoms with Gasteiger partial charge in [0.05, 0.1) is 7.11 Å². The van der Waals surface area contributed by atoms with Gasteiger partial charge in [0.2, 0.25) is 0 Å². The molecule has 2 rings (SSSR count). The molecular weight excluding hydrogens is 282 g/mol. The molecule has 1 unspecified atom stereocenters. The topological polar surface area (TPSA) is 21.3 Å². The average Bonchev–Trinajstić information content (AvgIpc) is 2.50. The van der Waals surface area contributed by atoms with Crippen molar-refractivity contribution in [1.82, 2.24) is 0 Å². The number of methoxy groups -OCH3 is 1. The predicted molar refractivity (Wildman–Crippen MR) is 90.6 cm³/mol. The molecule has 0 aliphatic heterocycles. The summed E-state index contributed by atoms with van der Waals surface area (Å²) in [7, 11) is 1.69. The molecule has 2 nitrogen and oxygen atoms in total. The van der Waals surface area contributed by atoms with Gasteiger partial charge in [0.1, 0.15) is 5.75 Å². The zero-order valence-corrected chi connectivity index (χ0v) is 13.6. The zero-order chi connectivity index (χ0) is 15.2. The molecule has 3 heteroatoms. The van der Waals surface area contributed by atoms with Crippen LogP contribution in [0.5, 0.6) is 5.75 Å². The predicted octanol–water partition coefficient (Wildman–Crippen LogP) is 5.09. The van der Waals surface area contributed by atoms with Crippen LogP contribution >= 0.6 is 11.6 Å². The van der Waals surface area contributed by atoms with E-state index in [1.165, 1.54) is 5.56 Å². The van der Waals surface area contributed by atoms with Gasteiger partial charge in [-0.15, -0.1) is 0 Å². The monoisotopic (exact) mass is 303 g/mol. The summed E-state index contributed by atoms with van der Waals surface area (Å²) in [6, 6.07) is 14.6. The number of hydrogen-bond donors (Lipinski definition) is 1. The van der Waals surface area contributed by atoms with E-state index in [1.807, 2.05) is 31.2 Å². The molecule has 1 atom stereocenters. The normalized spacial score (nSPS) is 12.0. The van der Waals surface area contributed by atoms with Crippen LogP contribution in [0, 0.1) is 6.92 Å². The summed E-state index contributed by atoms with van der Waals surface area (Å²) in [5, 5.41) is 4.34. The lowest BCUT2D eigenvalue weighted by molar-refractivity contribution is 0.414. The Morgan fingerprint density at radius 3 is 2.52 bits per heavy atom. The Balaban J connectivity index is 1.89. The molecule has 0 aromatic heterocycles. The third kappa shape index (κ3) is 4.40. The maximum absolute atomic E-state index is 6.15. The third-order valence-electron chi connectivity index (χ3n) is 3.69. The standard InChI is InChI=1S/C18H22ClNO/c1-13(20-18-6-4-5-17(19)14(18)2)7-8-15-9-11-16(21-3)12-10-15/h4-6,9-13,20H,7-8H2,1-3H3. The molecule has 0 amide bonds. The van der Waals surface area contributed by atoms with Crippen molar-refractivity contribution in [2.75, 3.05) is 12.4 Å². The largest absolute Gasteiger partial charge is 0.497 e. The molecule has 112 valence electrons. The van der Waals surface area contributed by atoms with Crippen molar-refractivity contribution >= 4 is 17.3 Å². The minimum Gasteiger partial charge on any atom is -0.497 e. The molecule has 0 bridgehead atoms.